The van der Waals surface area contributed by atoms with Gasteiger partial charge in [-0.15, -0.1) is 0 Å². The van der Waals surface area contributed by atoms with Crippen LogP contribution >= 0.6 is 0 Å². The fourth-order valence-electron chi connectivity index (χ4n) is 5.24. The van der Waals surface area contributed by atoms with Crippen molar-refractivity contribution in [2.24, 2.45) is 23.2 Å². The number of ether oxygens (including phenoxy) is 1. The number of carbonyl (C=O) groups excluding carboxylic acids is 1. The minimum atomic E-state index is -0.289. The van der Waals surface area contributed by atoms with Crippen LogP contribution < -0.4 is 0 Å². The molecule has 5 atom stereocenters. The molecule has 2 unspecified atom stereocenters. The molecule has 2 rings (SSSR count). The lowest BCUT2D eigenvalue weighted by Crippen LogP contribution is -2.41. The van der Waals surface area contributed by atoms with Gasteiger partial charge < -0.3 is 4.74 Å². The molecule has 1 aliphatic carbocycles. The van der Waals surface area contributed by atoms with Gasteiger partial charge in [-0.2, -0.15) is 0 Å². The summed E-state index contributed by atoms with van der Waals surface area (Å²) in [5.41, 5.74) is 1.64. The zero-order valence-electron chi connectivity index (χ0n) is 19.7. The first-order chi connectivity index (χ1) is 13.6. The summed E-state index contributed by atoms with van der Waals surface area (Å²) >= 11 is 0. The Morgan fingerprint density at radius 3 is 2.55 bits per heavy atom. The van der Waals surface area contributed by atoms with Crippen LogP contribution in [0.25, 0.3) is 0 Å². The van der Waals surface area contributed by atoms with Gasteiger partial charge in [-0.1, -0.05) is 52.2 Å². The molecule has 4 nitrogen and oxygen atoms in total. The number of rotatable bonds is 9. The topological polar surface area (TPSA) is 44.8 Å². The van der Waals surface area contributed by atoms with Crippen molar-refractivity contribution in [1.29, 1.82) is 0 Å². The number of hydrogen-bond donors (Lipinski definition) is 0. The van der Waals surface area contributed by atoms with E-state index in [1.165, 1.54) is 51.2 Å². The van der Waals surface area contributed by atoms with Gasteiger partial charge in [0.2, 0.25) is 0 Å². The van der Waals surface area contributed by atoms with Crippen LogP contribution in [0, 0.1) is 23.2 Å². The van der Waals surface area contributed by atoms with Crippen LogP contribution in [0.2, 0.25) is 0 Å². The number of esters is 1. The van der Waals surface area contributed by atoms with Crippen molar-refractivity contribution in [3.8, 4) is 0 Å². The first-order valence-corrected chi connectivity index (χ1v) is 11.7. The molecular formula is C25H44O4. The first-order valence-electron chi connectivity index (χ1n) is 11.7. The highest BCUT2D eigenvalue weighted by atomic mass is 17.2. The van der Waals surface area contributed by atoms with Gasteiger partial charge in [-0.3, -0.25) is 4.79 Å². The number of allylic oxidation sites excluding steroid dienone is 1. The van der Waals surface area contributed by atoms with E-state index in [0.29, 0.717) is 11.3 Å². The van der Waals surface area contributed by atoms with E-state index in [1.54, 1.807) is 0 Å². The molecule has 1 saturated carbocycles. The predicted octanol–water partition coefficient (Wildman–Crippen LogP) is 6.63. The fourth-order valence-corrected chi connectivity index (χ4v) is 5.24. The first kappa shape index (κ1) is 24.4. The molecule has 0 amide bonds. The van der Waals surface area contributed by atoms with Gasteiger partial charge in [-0.25, -0.2) is 9.78 Å². The molecule has 0 aromatic carbocycles. The Morgan fingerprint density at radius 1 is 1.24 bits per heavy atom. The van der Waals surface area contributed by atoms with E-state index < -0.39 is 0 Å². The van der Waals surface area contributed by atoms with Crippen LogP contribution in [0.3, 0.4) is 0 Å². The van der Waals surface area contributed by atoms with Crippen LogP contribution in [0.4, 0.5) is 0 Å². The number of methoxy groups -OCH3 is 1. The predicted molar refractivity (Wildman–Crippen MR) is 117 cm³/mol. The molecule has 0 bridgehead atoms. The summed E-state index contributed by atoms with van der Waals surface area (Å²) in [5.74, 6) is 0.879. The molecule has 2 fully saturated rings. The molecule has 168 valence electrons. The number of hydrogen-bond acceptors (Lipinski definition) is 4. The Bertz CT molecular complexity index is 545. The Morgan fingerprint density at radius 2 is 1.97 bits per heavy atom. The summed E-state index contributed by atoms with van der Waals surface area (Å²) in [7, 11) is 1.42. The number of carbonyl (C=O) groups is 1. The van der Waals surface area contributed by atoms with Crippen molar-refractivity contribution in [1.82, 2.24) is 0 Å². The molecule has 2 aliphatic rings. The average molecular weight is 409 g/mol. The Hall–Kier alpha value is -0.870. The summed E-state index contributed by atoms with van der Waals surface area (Å²) in [4.78, 5) is 23.0. The summed E-state index contributed by atoms with van der Waals surface area (Å²) in [5, 5.41) is 0. The van der Waals surface area contributed by atoms with Crippen LogP contribution in [0.1, 0.15) is 98.8 Å². The van der Waals surface area contributed by atoms with Gasteiger partial charge in [0.15, 0.2) is 0 Å². The maximum Gasteiger partial charge on any atom is 0.311 e. The largest absolute Gasteiger partial charge is 0.469 e. The average Bonchev–Trinajstić information content (AvgIpc) is 2.66. The van der Waals surface area contributed by atoms with Crippen LogP contribution in [-0.2, 0) is 19.3 Å². The van der Waals surface area contributed by atoms with Crippen molar-refractivity contribution >= 4 is 5.97 Å². The van der Waals surface area contributed by atoms with Crippen LogP contribution in [0.15, 0.2) is 12.2 Å². The normalized spacial score (nSPS) is 31.9. The highest BCUT2D eigenvalue weighted by molar-refractivity contribution is 5.72. The van der Waals surface area contributed by atoms with E-state index in [2.05, 4.69) is 34.3 Å². The van der Waals surface area contributed by atoms with Crippen molar-refractivity contribution in [3.05, 3.63) is 12.2 Å². The maximum absolute atomic E-state index is 11.7. The van der Waals surface area contributed by atoms with Gasteiger partial charge >= 0.3 is 5.97 Å². The Balaban J connectivity index is 1.69. The van der Waals surface area contributed by atoms with E-state index in [1.807, 2.05) is 6.92 Å². The fraction of sp³-hybridized carbons (Fsp3) is 0.880. The quantitative estimate of drug-likeness (QED) is 0.244. The van der Waals surface area contributed by atoms with Crippen LogP contribution in [-0.4, -0.2) is 24.8 Å². The minimum absolute atomic E-state index is 0.207. The molecule has 0 aromatic rings. The van der Waals surface area contributed by atoms with Crippen molar-refractivity contribution in [3.63, 3.8) is 0 Å². The summed E-state index contributed by atoms with van der Waals surface area (Å²) < 4.78 is 4.81. The van der Waals surface area contributed by atoms with Crippen molar-refractivity contribution < 1.29 is 19.3 Å². The summed E-state index contributed by atoms with van der Waals surface area (Å²) in [6, 6.07) is 0. The second kappa shape index (κ2) is 10.4. The SMILES string of the molecule is C=C1CCCC(C)(C)C1CCC(C)CCC[C@@]1(C)CC[C@H]([C@H](C)C(=O)OC)OO1. The van der Waals surface area contributed by atoms with E-state index >= 15 is 0 Å². The molecule has 0 spiro atoms. The standard InChI is InChI=1S/C25H44O4/c1-18(12-13-21-19(2)11-9-15-24(21,4)5)10-8-16-25(6)17-14-22(28-29-25)20(3)23(26)27-7/h18,20-22H,2,8-17H2,1,3-7H3/t18?,20-,21?,22+,25-/m0/s1. The van der Waals surface area contributed by atoms with Gasteiger partial charge in [0.05, 0.1) is 13.0 Å². The molecule has 0 aromatic heterocycles. The Labute approximate surface area is 178 Å². The molecule has 1 heterocycles. The third-order valence-corrected chi connectivity index (χ3v) is 7.57. The minimum Gasteiger partial charge on any atom is -0.469 e. The second-order valence-electron chi connectivity index (χ2n) is 10.6. The molecule has 1 saturated heterocycles. The lowest BCUT2D eigenvalue weighted by molar-refractivity contribution is -0.411. The molecule has 0 radical (unpaired) electrons. The van der Waals surface area contributed by atoms with Gasteiger partial charge in [-0.05, 0) is 76.0 Å². The third-order valence-electron chi connectivity index (χ3n) is 7.57. The zero-order valence-corrected chi connectivity index (χ0v) is 19.7. The van der Waals surface area contributed by atoms with Gasteiger partial charge in [0, 0.05) is 0 Å². The maximum atomic E-state index is 11.7. The van der Waals surface area contributed by atoms with Crippen molar-refractivity contribution in [2.45, 2.75) is 111 Å². The zero-order chi connectivity index (χ0) is 21.7. The summed E-state index contributed by atoms with van der Waals surface area (Å²) in [6.07, 6.45) is 11.3. The monoisotopic (exact) mass is 408 g/mol. The van der Waals surface area contributed by atoms with Gasteiger partial charge in [0.1, 0.15) is 11.7 Å². The molecule has 1 aliphatic heterocycles. The van der Waals surface area contributed by atoms with E-state index in [4.69, 9.17) is 14.5 Å². The molecule has 4 heteroatoms. The summed E-state index contributed by atoms with van der Waals surface area (Å²) in [6.45, 7) is 15.6. The third kappa shape index (κ3) is 6.82. The molecule has 0 N–H and O–H groups in total. The smallest absolute Gasteiger partial charge is 0.311 e. The Kier molecular flexibility index (Phi) is 8.78. The van der Waals surface area contributed by atoms with Gasteiger partial charge in [0.25, 0.3) is 0 Å². The van der Waals surface area contributed by atoms with E-state index in [-0.39, 0.29) is 23.6 Å². The molecule has 29 heavy (non-hydrogen) atoms. The second-order valence-corrected chi connectivity index (χ2v) is 10.6. The van der Waals surface area contributed by atoms with E-state index in [0.717, 1.165) is 31.6 Å². The highest BCUT2D eigenvalue weighted by Gasteiger charge is 2.38. The van der Waals surface area contributed by atoms with Crippen LogP contribution in [0.5, 0.6) is 0 Å². The lowest BCUT2D eigenvalue weighted by Gasteiger charge is -2.41. The lowest BCUT2D eigenvalue weighted by atomic mass is 9.65. The van der Waals surface area contributed by atoms with Crippen molar-refractivity contribution in [2.75, 3.05) is 7.11 Å². The van der Waals surface area contributed by atoms with E-state index in [9.17, 15) is 4.79 Å². The highest BCUT2D eigenvalue weighted by Crippen LogP contribution is 2.46. The molecular weight excluding hydrogens is 364 g/mol.